The van der Waals surface area contributed by atoms with E-state index in [0.717, 1.165) is 11.3 Å². The molecule has 0 radical (unpaired) electrons. The molecule has 1 aromatic heterocycles. The number of rotatable bonds is 5. The quantitative estimate of drug-likeness (QED) is 0.722. The Kier molecular flexibility index (Phi) is 4.72. The van der Waals surface area contributed by atoms with Gasteiger partial charge in [-0.05, 0) is 38.1 Å². The Hall–Kier alpha value is -3.74. The van der Waals surface area contributed by atoms with E-state index >= 15 is 0 Å². The third-order valence-corrected chi connectivity index (χ3v) is 5.27. The Morgan fingerprint density at radius 3 is 2.62 bits per heavy atom. The normalized spacial score (nSPS) is 16.7. The Labute approximate surface area is 168 Å². The molecular weight excluding hydrogens is 368 g/mol. The summed E-state index contributed by atoms with van der Waals surface area (Å²) in [7, 11) is 0. The van der Waals surface area contributed by atoms with E-state index in [2.05, 4.69) is 9.98 Å². The smallest absolute Gasteiger partial charge is 0.335 e. The first kappa shape index (κ1) is 18.6. The van der Waals surface area contributed by atoms with Crippen LogP contribution in [0.3, 0.4) is 0 Å². The number of aliphatic imine (C=N–C) groups is 1. The summed E-state index contributed by atoms with van der Waals surface area (Å²) in [5.74, 6) is -1.24. The molecule has 146 valence electrons. The zero-order valence-corrected chi connectivity index (χ0v) is 16.1. The molecule has 3 aromatic rings. The highest BCUT2D eigenvalue weighted by molar-refractivity contribution is 6.54. The van der Waals surface area contributed by atoms with E-state index in [1.165, 1.54) is 12.1 Å². The number of carboxylic acid groups (broad SMARTS) is 1. The highest BCUT2D eigenvalue weighted by Gasteiger charge is 2.38. The van der Waals surface area contributed by atoms with Crippen LogP contribution in [0, 0.1) is 0 Å². The lowest BCUT2D eigenvalue weighted by Gasteiger charge is -2.30. The summed E-state index contributed by atoms with van der Waals surface area (Å²) < 4.78 is 1.96. The lowest BCUT2D eigenvalue weighted by Crippen LogP contribution is -2.42. The highest BCUT2D eigenvalue weighted by Crippen LogP contribution is 2.34. The van der Waals surface area contributed by atoms with Gasteiger partial charge in [-0.2, -0.15) is 0 Å². The van der Waals surface area contributed by atoms with E-state index in [4.69, 9.17) is 0 Å². The molecular formula is C22H20N4O3. The van der Waals surface area contributed by atoms with Crippen LogP contribution in [-0.4, -0.2) is 38.3 Å². The summed E-state index contributed by atoms with van der Waals surface area (Å²) in [6.07, 6.45) is 5.32. The van der Waals surface area contributed by atoms with Crippen LogP contribution in [0.25, 0.3) is 0 Å². The molecule has 29 heavy (non-hydrogen) atoms. The number of aromatic carboxylic acids is 1. The predicted molar refractivity (Wildman–Crippen MR) is 110 cm³/mol. The Morgan fingerprint density at radius 2 is 1.90 bits per heavy atom. The number of aromatic nitrogens is 2. The van der Waals surface area contributed by atoms with Gasteiger partial charge in [-0.25, -0.2) is 14.8 Å². The maximum atomic E-state index is 13.4. The van der Waals surface area contributed by atoms with Crippen LogP contribution < -0.4 is 4.90 Å². The van der Waals surface area contributed by atoms with Gasteiger partial charge in [0.15, 0.2) is 0 Å². The average Bonchev–Trinajstić information content (AvgIpc) is 3.35. The molecule has 0 saturated carbocycles. The topological polar surface area (TPSA) is 87.8 Å². The Balaban J connectivity index is 1.75. The Bertz CT molecular complexity index is 1100. The molecule has 7 heteroatoms. The number of carboxylic acids is 1. The minimum atomic E-state index is -1.03. The van der Waals surface area contributed by atoms with Gasteiger partial charge in [0.25, 0.3) is 5.91 Å². The lowest BCUT2D eigenvalue weighted by atomic mass is 10.1. The van der Waals surface area contributed by atoms with Crippen molar-refractivity contribution in [3.63, 3.8) is 0 Å². The van der Waals surface area contributed by atoms with Gasteiger partial charge >= 0.3 is 5.97 Å². The number of hydrogen-bond acceptors (Lipinski definition) is 4. The van der Waals surface area contributed by atoms with Gasteiger partial charge in [0, 0.05) is 18.0 Å². The summed E-state index contributed by atoms with van der Waals surface area (Å²) in [4.78, 5) is 35.0. The van der Waals surface area contributed by atoms with Gasteiger partial charge in [0.05, 0.1) is 35.3 Å². The third-order valence-electron chi connectivity index (χ3n) is 5.27. The minimum Gasteiger partial charge on any atom is -0.478 e. The first-order valence-corrected chi connectivity index (χ1v) is 9.30. The molecule has 2 atom stereocenters. The van der Waals surface area contributed by atoms with E-state index in [1.807, 2.05) is 48.9 Å². The number of imidazole rings is 1. The van der Waals surface area contributed by atoms with Crippen molar-refractivity contribution >= 4 is 29.0 Å². The van der Waals surface area contributed by atoms with Crippen molar-refractivity contribution in [1.82, 2.24) is 9.55 Å². The fourth-order valence-electron chi connectivity index (χ4n) is 3.55. The van der Waals surface area contributed by atoms with Gasteiger partial charge in [0.2, 0.25) is 0 Å². The van der Waals surface area contributed by atoms with Crippen LogP contribution in [0.15, 0.2) is 72.2 Å². The molecule has 7 nitrogen and oxygen atoms in total. The number of nitrogens with zero attached hydrogens (tertiary/aromatic N) is 4. The second-order valence-electron chi connectivity index (χ2n) is 7.00. The molecule has 4 rings (SSSR count). The van der Waals surface area contributed by atoms with Crippen molar-refractivity contribution in [3.05, 3.63) is 78.4 Å². The van der Waals surface area contributed by atoms with Gasteiger partial charge in [-0.3, -0.25) is 4.79 Å². The van der Waals surface area contributed by atoms with E-state index in [9.17, 15) is 14.7 Å². The summed E-state index contributed by atoms with van der Waals surface area (Å²) in [6, 6.07) is 13.7. The molecule has 1 N–H and O–H groups in total. The summed E-state index contributed by atoms with van der Waals surface area (Å²) in [6.45, 7) is 4.03. The van der Waals surface area contributed by atoms with E-state index in [-0.39, 0.29) is 23.6 Å². The van der Waals surface area contributed by atoms with Crippen molar-refractivity contribution in [3.8, 4) is 0 Å². The molecule has 1 aliphatic heterocycles. The second kappa shape index (κ2) is 7.35. The number of para-hydroxylation sites is 1. The Morgan fingerprint density at radius 1 is 1.10 bits per heavy atom. The lowest BCUT2D eigenvalue weighted by molar-refractivity contribution is -0.112. The number of benzene rings is 2. The van der Waals surface area contributed by atoms with Crippen molar-refractivity contribution in [1.29, 1.82) is 0 Å². The molecule has 1 amide bonds. The third kappa shape index (κ3) is 3.31. The van der Waals surface area contributed by atoms with Crippen LogP contribution in [0.1, 0.15) is 35.8 Å². The highest BCUT2D eigenvalue weighted by atomic mass is 16.4. The van der Waals surface area contributed by atoms with Crippen LogP contribution >= 0.6 is 0 Å². The second-order valence-corrected chi connectivity index (χ2v) is 7.00. The molecule has 2 aromatic carbocycles. The maximum absolute atomic E-state index is 13.4. The molecule has 2 heterocycles. The number of carbonyl (C=O) groups is 2. The van der Waals surface area contributed by atoms with Crippen molar-refractivity contribution in [2.45, 2.75) is 25.9 Å². The van der Waals surface area contributed by atoms with Gasteiger partial charge < -0.3 is 14.6 Å². The minimum absolute atomic E-state index is 0.00388. The number of fused-ring (bicyclic) bond motifs is 1. The zero-order chi connectivity index (χ0) is 20.5. The number of hydrogen-bond donors (Lipinski definition) is 1. The van der Waals surface area contributed by atoms with E-state index in [0.29, 0.717) is 11.4 Å². The van der Waals surface area contributed by atoms with Crippen LogP contribution in [0.2, 0.25) is 0 Å². The van der Waals surface area contributed by atoms with Gasteiger partial charge in [-0.1, -0.05) is 24.3 Å². The first-order chi connectivity index (χ1) is 14.0. The summed E-state index contributed by atoms with van der Waals surface area (Å²) in [5, 5.41) is 9.22. The van der Waals surface area contributed by atoms with E-state index in [1.54, 1.807) is 29.6 Å². The van der Waals surface area contributed by atoms with Crippen LogP contribution in [0.5, 0.6) is 0 Å². The molecule has 2 unspecified atom stereocenters. The largest absolute Gasteiger partial charge is 0.478 e. The number of carbonyl (C=O) groups excluding carboxylic acids is 1. The first-order valence-electron chi connectivity index (χ1n) is 9.30. The maximum Gasteiger partial charge on any atom is 0.335 e. The van der Waals surface area contributed by atoms with Gasteiger partial charge in [0.1, 0.15) is 5.71 Å². The molecule has 0 saturated heterocycles. The fraction of sp³-hybridized carbons (Fsp3) is 0.182. The number of anilines is 1. The number of amides is 1. The predicted octanol–water partition coefficient (Wildman–Crippen LogP) is 3.70. The van der Waals surface area contributed by atoms with Gasteiger partial charge in [-0.15, -0.1) is 0 Å². The standard InChI is InChI=1S/C22H20N4O3/c1-14(25-11-10-23-13-25)15(2)26-19-9-4-3-8-18(19)20(21(26)27)24-17-7-5-6-16(12-17)22(28)29/h3-15H,1-2H3,(H,28,29). The SMILES string of the molecule is CC(C(C)n1ccnc1)N1C(=O)C(=Nc2cccc(C(=O)O)c2)c2ccccc21. The molecule has 1 aliphatic rings. The molecule has 0 fully saturated rings. The molecule has 0 bridgehead atoms. The van der Waals surface area contributed by atoms with Crippen molar-refractivity contribution in [2.24, 2.45) is 4.99 Å². The molecule has 0 spiro atoms. The fourth-order valence-corrected chi connectivity index (χ4v) is 3.55. The zero-order valence-electron chi connectivity index (χ0n) is 16.1. The van der Waals surface area contributed by atoms with E-state index < -0.39 is 5.97 Å². The monoisotopic (exact) mass is 388 g/mol. The van der Waals surface area contributed by atoms with Crippen LogP contribution in [-0.2, 0) is 4.79 Å². The summed E-state index contributed by atoms with van der Waals surface area (Å²) >= 11 is 0. The summed E-state index contributed by atoms with van der Waals surface area (Å²) in [5.41, 5.74) is 2.41. The van der Waals surface area contributed by atoms with Crippen molar-refractivity contribution in [2.75, 3.05) is 4.90 Å². The van der Waals surface area contributed by atoms with Crippen molar-refractivity contribution < 1.29 is 14.7 Å². The molecule has 0 aliphatic carbocycles. The van der Waals surface area contributed by atoms with Crippen LogP contribution in [0.4, 0.5) is 11.4 Å². The average molecular weight is 388 g/mol.